The topological polar surface area (TPSA) is 79.5 Å². The highest BCUT2D eigenvalue weighted by atomic mass is 16.3. The van der Waals surface area contributed by atoms with Crippen molar-refractivity contribution in [3.05, 3.63) is 111 Å². The van der Waals surface area contributed by atoms with Crippen LogP contribution >= 0.6 is 0 Å². The lowest BCUT2D eigenvalue weighted by Gasteiger charge is -2.35. The van der Waals surface area contributed by atoms with Crippen molar-refractivity contribution >= 4 is 22.9 Å². The van der Waals surface area contributed by atoms with Gasteiger partial charge in [0, 0.05) is 18.4 Å². The maximum absolute atomic E-state index is 14.1. The second-order valence-electron chi connectivity index (χ2n) is 9.39. The molecule has 0 fully saturated rings. The number of aliphatic hydroxyl groups excluding tert-OH is 1. The van der Waals surface area contributed by atoms with Gasteiger partial charge in [-0.05, 0) is 54.7 Å². The van der Waals surface area contributed by atoms with Gasteiger partial charge in [0.1, 0.15) is 17.6 Å². The van der Waals surface area contributed by atoms with Crippen molar-refractivity contribution in [2.45, 2.75) is 38.8 Å². The van der Waals surface area contributed by atoms with Gasteiger partial charge in [0.15, 0.2) is 0 Å². The number of para-hydroxylation sites is 2. The summed E-state index contributed by atoms with van der Waals surface area (Å²) in [6.07, 6.45) is 7.88. The zero-order valence-corrected chi connectivity index (χ0v) is 20.7. The van der Waals surface area contributed by atoms with Crippen molar-refractivity contribution in [1.82, 2.24) is 9.13 Å². The fourth-order valence-corrected chi connectivity index (χ4v) is 4.84. The van der Waals surface area contributed by atoms with Gasteiger partial charge in [-0.2, -0.15) is 0 Å². The quantitative estimate of drug-likeness (QED) is 0.558. The number of nitrogens with zero attached hydrogens (tertiary/aromatic N) is 3. The summed E-state index contributed by atoms with van der Waals surface area (Å²) >= 11 is 0. The molecule has 5 rings (SSSR count). The fraction of sp³-hybridized carbons (Fsp3) is 0.241. The predicted octanol–water partition coefficient (Wildman–Crippen LogP) is 4.53. The van der Waals surface area contributed by atoms with Crippen molar-refractivity contribution in [2.24, 2.45) is 0 Å². The molecule has 1 aliphatic heterocycles. The number of hydrogen-bond acceptors (Lipinski definition) is 5. The van der Waals surface area contributed by atoms with Crippen molar-refractivity contribution < 1.29 is 5.11 Å². The summed E-state index contributed by atoms with van der Waals surface area (Å²) in [5.41, 5.74) is 3.10. The van der Waals surface area contributed by atoms with Crippen LogP contribution < -0.4 is 21.5 Å². The third kappa shape index (κ3) is 4.01. The van der Waals surface area contributed by atoms with Crippen LogP contribution in [0.15, 0.2) is 88.5 Å². The van der Waals surface area contributed by atoms with Crippen LogP contribution in [-0.2, 0) is 0 Å². The van der Waals surface area contributed by atoms with Crippen LogP contribution in [-0.4, -0.2) is 27.5 Å². The first-order valence-corrected chi connectivity index (χ1v) is 12.2. The van der Waals surface area contributed by atoms with Crippen LogP contribution in [0, 0.1) is 0 Å². The number of benzene rings is 2. The summed E-state index contributed by atoms with van der Waals surface area (Å²) in [5, 5.41) is 14.4. The second-order valence-corrected chi connectivity index (χ2v) is 9.39. The number of hydrogen-bond donors (Lipinski definition) is 2. The van der Waals surface area contributed by atoms with Gasteiger partial charge < -0.3 is 15.3 Å². The van der Waals surface area contributed by atoms with Crippen LogP contribution in [0.2, 0.25) is 0 Å². The van der Waals surface area contributed by atoms with Gasteiger partial charge in [-0.1, -0.05) is 62.4 Å². The Kier molecular flexibility index (Phi) is 6.24. The standard InChI is InChI=1S/C29H30N4O3/c1-19(2)22-16-10-11-17-23(22)30-24-18-25(34)31(3)27-26(24)28(35)33(21-14-8-5-9-15-21)29(36)32(27)20-12-6-4-7-13-20/h4-6,8-12,14-19,25,30,34H,7,13H2,1-3H3. The Bertz CT molecular complexity index is 1510. The Hall–Kier alpha value is -4.10. The molecule has 0 spiro atoms. The van der Waals surface area contributed by atoms with E-state index < -0.39 is 17.5 Å². The zero-order chi connectivity index (χ0) is 25.4. The molecular formula is C29H30N4O3. The van der Waals surface area contributed by atoms with Crippen molar-refractivity contribution in [3.8, 4) is 5.69 Å². The number of allylic oxidation sites excluding steroid dienone is 4. The molecule has 1 aromatic heterocycles. The van der Waals surface area contributed by atoms with E-state index in [-0.39, 0.29) is 5.92 Å². The third-order valence-corrected chi connectivity index (χ3v) is 6.70. The fourth-order valence-electron chi connectivity index (χ4n) is 4.84. The Morgan fingerprint density at radius 3 is 2.42 bits per heavy atom. The van der Waals surface area contributed by atoms with Gasteiger partial charge in [-0.3, -0.25) is 9.36 Å². The summed E-state index contributed by atoms with van der Waals surface area (Å²) < 4.78 is 2.78. The normalized spacial score (nSPS) is 17.0. The molecule has 2 aliphatic rings. The highest BCUT2D eigenvalue weighted by molar-refractivity contribution is 5.87. The molecule has 2 heterocycles. The number of fused-ring (bicyclic) bond motifs is 1. The van der Waals surface area contributed by atoms with Gasteiger partial charge in [-0.15, -0.1) is 0 Å². The van der Waals surface area contributed by atoms with Crippen molar-refractivity contribution in [3.63, 3.8) is 0 Å². The second kappa shape index (κ2) is 9.51. The highest BCUT2D eigenvalue weighted by Crippen LogP contribution is 2.35. The molecule has 2 aromatic carbocycles. The maximum Gasteiger partial charge on any atom is 0.341 e. The van der Waals surface area contributed by atoms with E-state index in [1.165, 1.54) is 4.57 Å². The molecule has 3 aromatic rings. The van der Waals surface area contributed by atoms with Gasteiger partial charge in [-0.25, -0.2) is 9.36 Å². The Balaban J connectivity index is 1.82. The molecule has 1 unspecified atom stereocenters. The minimum absolute atomic E-state index is 0.249. The molecule has 0 saturated heterocycles. The lowest BCUT2D eigenvalue weighted by Crippen LogP contribution is -2.47. The summed E-state index contributed by atoms with van der Waals surface area (Å²) in [7, 11) is 1.69. The molecule has 7 nitrogen and oxygen atoms in total. The number of likely N-dealkylation sites (N-methyl/N-ethyl adjacent to an activating group) is 1. The predicted molar refractivity (Wildman–Crippen MR) is 145 cm³/mol. The van der Waals surface area contributed by atoms with Crippen LogP contribution in [0.4, 0.5) is 11.5 Å². The van der Waals surface area contributed by atoms with Crippen molar-refractivity contribution in [1.29, 1.82) is 0 Å². The molecule has 0 radical (unpaired) electrons. The third-order valence-electron chi connectivity index (χ3n) is 6.70. The molecule has 7 heteroatoms. The molecule has 0 saturated carbocycles. The Morgan fingerprint density at radius 2 is 1.72 bits per heavy atom. The van der Waals surface area contributed by atoms with Crippen molar-refractivity contribution in [2.75, 3.05) is 17.3 Å². The lowest BCUT2D eigenvalue weighted by molar-refractivity contribution is 0.220. The van der Waals surface area contributed by atoms with Gasteiger partial charge in [0.2, 0.25) is 0 Å². The van der Waals surface area contributed by atoms with Crippen LogP contribution in [0.3, 0.4) is 0 Å². The highest BCUT2D eigenvalue weighted by Gasteiger charge is 2.32. The first kappa shape index (κ1) is 23.6. The molecule has 36 heavy (non-hydrogen) atoms. The van der Waals surface area contributed by atoms with E-state index in [9.17, 15) is 14.7 Å². The minimum Gasteiger partial charge on any atom is -0.370 e. The summed E-state index contributed by atoms with van der Waals surface area (Å²) in [6.45, 7) is 4.21. The summed E-state index contributed by atoms with van der Waals surface area (Å²) in [4.78, 5) is 29.6. The smallest absolute Gasteiger partial charge is 0.341 e. The molecule has 0 amide bonds. The number of aromatic nitrogens is 2. The maximum atomic E-state index is 14.1. The molecule has 184 valence electrons. The first-order chi connectivity index (χ1) is 17.4. The minimum atomic E-state index is -1.02. The van der Waals surface area contributed by atoms with E-state index in [4.69, 9.17) is 0 Å². The van der Waals surface area contributed by atoms with Crippen LogP contribution in [0.5, 0.6) is 0 Å². The number of nitrogens with one attached hydrogen (secondary N) is 1. The average molecular weight is 483 g/mol. The Morgan fingerprint density at radius 1 is 1.00 bits per heavy atom. The van der Waals surface area contributed by atoms with Crippen LogP contribution in [0.1, 0.15) is 43.7 Å². The molecule has 2 N–H and O–H groups in total. The number of rotatable bonds is 5. The number of aliphatic hydroxyl groups is 1. The van der Waals surface area contributed by atoms with Gasteiger partial charge in [0.25, 0.3) is 5.56 Å². The van der Waals surface area contributed by atoms with E-state index in [0.29, 0.717) is 29.2 Å². The zero-order valence-electron chi connectivity index (χ0n) is 20.7. The molecule has 1 aliphatic carbocycles. The van der Waals surface area contributed by atoms with Gasteiger partial charge in [0.05, 0.1) is 11.4 Å². The van der Waals surface area contributed by atoms with Crippen LogP contribution in [0.25, 0.3) is 17.1 Å². The van der Waals surface area contributed by atoms with E-state index in [0.717, 1.165) is 23.4 Å². The molecule has 1 atom stereocenters. The lowest BCUT2D eigenvalue weighted by atomic mass is 10.00. The molecular weight excluding hydrogens is 452 g/mol. The SMILES string of the molecule is CC(C)c1ccccc1NC1=CC(O)N(C)c2c1c(=O)n(-c1ccccc1)c(=O)n2C1=CC=CCC1. The largest absolute Gasteiger partial charge is 0.370 e. The monoisotopic (exact) mass is 482 g/mol. The Labute approximate surface area is 209 Å². The van der Waals surface area contributed by atoms with E-state index in [2.05, 4.69) is 19.2 Å². The summed E-state index contributed by atoms with van der Waals surface area (Å²) in [6, 6.07) is 16.9. The van der Waals surface area contributed by atoms with E-state index in [1.807, 2.05) is 48.6 Å². The average Bonchev–Trinajstić information content (AvgIpc) is 2.88. The van der Waals surface area contributed by atoms with Gasteiger partial charge >= 0.3 is 5.69 Å². The van der Waals surface area contributed by atoms with E-state index in [1.54, 1.807) is 46.9 Å². The summed E-state index contributed by atoms with van der Waals surface area (Å²) in [5.74, 6) is 0.623. The van der Waals surface area contributed by atoms with E-state index >= 15 is 0 Å². The first-order valence-electron chi connectivity index (χ1n) is 12.2. The number of anilines is 2. The molecule has 0 bridgehead atoms.